The summed E-state index contributed by atoms with van der Waals surface area (Å²) in [6.07, 6.45) is 7.03. The predicted molar refractivity (Wildman–Crippen MR) is 57.7 cm³/mol. The van der Waals surface area contributed by atoms with E-state index < -0.39 is 0 Å². The molecule has 0 atom stereocenters. The second kappa shape index (κ2) is 4.28. The monoisotopic (exact) mass is 203 g/mol. The van der Waals surface area contributed by atoms with Gasteiger partial charge in [0.15, 0.2) is 0 Å². The van der Waals surface area contributed by atoms with Gasteiger partial charge in [0, 0.05) is 13.1 Å². The highest BCUT2D eigenvalue weighted by Crippen LogP contribution is 2.19. The number of morpholine rings is 1. The number of anilines is 1. The van der Waals surface area contributed by atoms with Gasteiger partial charge < -0.3 is 9.64 Å². The summed E-state index contributed by atoms with van der Waals surface area (Å²) in [5.74, 6) is 3.51. The van der Waals surface area contributed by atoms with Gasteiger partial charge in [0.1, 0.15) is 12.1 Å². The third-order valence-electron chi connectivity index (χ3n) is 2.47. The lowest BCUT2D eigenvalue weighted by Crippen LogP contribution is -2.37. The number of rotatable bonds is 1. The van der Waals surface area contributed by atoms with Crippen molar-refractivity contribution in [2.45, 2.75) is 6.92 Å². The molecule has 0 radical (unpaired) electrons. The van der Waals surface area contributed by atoms with Crippen molar-refractivity contribution in [2.75, 3.05) is 31.2 Å². The van der Waals surface area contributed by atoms with Crippen LogP contribution >= 0.6 is 0 Å². The topological polar surface area (TPSA) is 38.2 Å². The van der Waals surface area contributed by atoms with Gasteiger partial charge in [0.05, 0.1) is 24.5 Å². The first-order valence-electron chi connectivity index (χ1n) is 4.94. The van der Waals surface area contributed by atoms with Gasteiger partial charge in [-0.15, -0.1) is 6.42 Å². The summed E-state index contributed by atoms with van der Waals surface area (Å²) in [7, 11) is 0. The maximum atomic E-state index is 5.47. The summed E-state index contributed by atoms with van der Waals surface area (Å²) in [5, 5.41) is 0. The Kier molecular flexibility index (Phi) is 2.84. The van der Waals surface area contributed by atoms with Crippen molar-refractivity contribution < 1.29 is 4.74 Å². The summed E-state index contributed by atoms with van der Waals surface area (Å²) in [4.78, 5) is 10.5. The maximum absolute atomic E-state index is 5.47. The molecular formula is C11H13N3O. The van der Waals surface area contributed by atoms with Crippen LogP contribution in [-0.2, 0) is 4.74 Å². The van der Waals surface area contributed by atoms with Crippen LogP contribution in [0.2, 0.25) is 0 Å². The lowest BCUT2D eigenvalue weighted by Gasteiger charge is -2.28. The molecule has 1 aromatic rings. The van der Waals surface area contributed by atoms with Crippen LogP contribution in [0.4, 0.5) is 5.82 Å². The quantitative estimate of drug-likeness (QED) is 0.627. The minimum atomic E-state index is 0.729. The van der Waals surface area contributed by atoms with E-state index in [-0.39, 0.29) is 0 Å². The largest absolute Gasteiger partial charge is 0.378 e. The number of aryl methyl sites for hydroxylation is 1. The fourth-order valence-electron chi connectivity index (χ4n) is 1.64. The number of terminal acetylenes is 1. The molecule has 0 saturated carbocycles. The van der Waals surface area contributed by atoms with E-state index in [0.717, 1.165) is 43.4 Å². The summed E-state index contributed by atoms with van der Waals surface area (Å²) >= 11 is 0. The molecule has 4 heteroatoms. The van der Waals surface area contributed by atoms with Crippen LogP contribution < -0.4 is 4.90 Å². The van der Waals surface area contributed by atoms with Gasteiger partial charge in [0.25, 0.3) is 0 Å². The maximum Gasteiger partial charge on any atom is 0.148 e. The minimum Gasteiger partial charge on any atom is -0.378 e. The Morgan fingerprint density at radius 3 is 2.80 bits per heavy atom. The highest BCUT2D eigenvalue weighted by Gasteiger charge is 2.16. The summed E-state index contributed by atoms with van der Waals surface area (Å²) in [6.45, 7) is 5.04. The number of hydrogen-bond acceptors (Lipinski definition) is 4. The molecule has 1 aliphatic heterocycles. The van der Waals surface area contributed by atoms with E-state index in [9.17, 15) is 0 Å². The van der Waals surface area contributed by atoms with Gasteiger partial charge in [-0.3, -0.25) is 0 Å². The third-order valence-corrected chi connectivity index (χ3v) is 2.47. The molecule has 78 valence electrons. The van der Waals surface area contributed by atoms with Crippen LogP contribution in [-0.4, -0.2) is 36.3 Å². The van der Waals surface area contributed by atoms with Crippen molar-refractivity contribution in [1.82, 2.24) is 9.97 Å². The van der Waals surface area contributed by atoms with Crippen molar-refractivity contribution in [3.63, 3.8) is 0 Å². The molecule has 0 aliphatic carbocycles. The molecule has 0 N–H and O–H groups in total. The van der Waals surface area contributed by atoms with E-state index in [0.29, 0.717) is 0 Å². The molecule has 0 spiro atoms. The zero-order valence-corrected chi connectivity index (χ0v) is 8.73. The Labute approximate surface area is 89.3 Å². The standard InChI is InChI=1S/C11H13N3O/c1-3-10-9(2)12-8-13-11(10)14-4-6-15-7-5-14/h1,8H,4-7H2,2H3. The molecule has 0 aromatic carbocycles. The fourth-order valence-corrected chi connectivity index (χ4v) is 1.64. The smallest absolute Gasteiger partial charge is 0.148 e. The average Bonchev–Trinajstić information content (AvgIpc) is 2.30. The minimum absolute atomic E-state index is 0.729. The van der Waals surface area contributed by atoms with Crippen LogP contribution in [0, 0.1) is 19.3 Å². The Morgan fingerprint density at radius 2 is 2.13 bits per heavy atom. The molecule has 0 bridgehead atoms. The van der Waals surface area contributed by atoms with Gasteiger partial charge in [-0.2, -0.15) is 0 Å². The zero-order chi connectivity index (χ0) is 10.7. The van der Waals surface area contributed by atoms with Gasteiger partial charge in [-0.25, -0.2) is 9.97 Å². The fraction of sp³-hybridized carbons (Fsp3) is 0.455. The van der Waals surface area contributed by atoms with Crippen LogP contribution in [0.5, 0.6) is 0 Å². The molecule has 1 fully saturated rings. The molecule has 0 unspecified atom stereocenters. The Balaban J connectivity index is 2.34. The van der Waals surface area contributed by atoms with Crippen molar-refractivity contribution in [3.8, 4) is 12.3 Å². The van der Waals surface area contributed by atoms with Crippen LogP contribution in [0.3, 0.4) is 0 Å². The second-order valence-corrected chi connectivity index (χ2v) is 3.40. The Morgan fingerprint density at radius 1 is 1.40 bits per heavy atom. The van der Waals surface area contributed by atoms with E-state index in [2.05, 4.69) is 20.8 Å². The van der Waals surface area contributed by atoms with E-state index in [1.165, 1.54) is 0 Å². The molecule has 15 heavy (non-hydrogen) atoms. The highest BCUT2D eigenvalue weighted by atomic mass is 16.5. The Hall–Kier alpha value is -1.60. The SMILES string of the molecule is C#Cc1c(C)ncnc1N1CCOCC1. The first-order valence-corrected chi connectivity index (χ1v) is 4.94. The van der Waals surface area contributed by atoms with Crippen molar-refractivity contribution >= 4 is 5.82 Å². The zero-order valence-electron chi connectivity index (χ0n) is 8.73. The van der Waals surface area contributed by atoms with Gasteiger partial charge in [-0.05, 0) is 6.92 Å². The Bertz CT molecular complexity index is 391. The molecule has 2 rings (SSSR count). The van der Waals surface area contributed by atoms with Crippen molar-refractivity contribution in [1.29, 1.82) is 0 Å². The number of nitrogens with zero attached hydrogens (tertiary/aromatic N) is 3. The van der Waals surface area contributed by atoms with Gasteiger partial charge in [-0.1, -0.05) is 5.92 Å². The number of aromatic nitrogens is 2. The summed E-state index contributed by atoms with van der Waals surface area (Å²) in [5.41, 5.74) is 1.65. The predicted octanol–water partition coefficient (Wildman–Crippen LogP) is 0.603. The van der Waals surface area contributed by atoms with Crippen LogP contribution in [0.25, 0.3) is 0 Å². The molecule has 1 aromatic heterocycles. The average molecular weight is 203 g/mol. The van der Waals surface area contributed by atoms with E-state index >= 15 is 0 Å². The van der Waals surface area contributed by atoms with E-state index in [4.69, 9.17) is 11.2 Å². The van der Waals surface area contributed by atoms with Crippen LogP contribution in [0.1, 0.15) is 11.3 Å². The number of ether oxygens (including phenoxy) is 1. The third kappa shape index (κ3) is 1.92. The molecule has 0 amide bonds. The van der Waals surface area contributed by atoms with E-state index in [1.54, 1.807) is 6.33 Å². The van der Waals surface area contributed by atoms with Crippen LogP contribution in [0.15, 0.2) is 6.33 Å². The number of hydrogen-bond donors (Lipinski definition) is 0. The molecule has 4 nitrogen and oxygen atoms in total. The first kappa shape index (κ1) is 9.94. The van der Waals surface area contributed by atoms with E-state index in [1.807, 2.05) is 6.92 Å². The van der Waals surface area contributed by atoms with Crippen molar-refractivity contribution in [2.24, 2.45) is 0 Å². The first-order chi connectivity index (χ1) is 7.33. The highest BCUT2D eigenvalue weighted by molar-refractivity contribution is 5.56. The molecule has 1 saturated heterocycles. The van der Waals surface area contributed by atoms with Gasteiger partial charge >= 0.3 is 0 Å². The summed E-state index contributed by atoms with van der Waals surface area (Å²) in [6, 6.07) is 0. The summed E-state index contributed by atoms with van der Waals surface area (Å²) < 4.78 is 5.29. The van der Waals surface area contributed by atoms with Crippen molar-refractivity contribution in [3.05, 3.63) is 17.6 Å². The molecular weight excluding hydrogens is 190 g/mol. The lowest BCUT2D eigenvalue weighted by molar-refractivity contribution is 0.122. The second-order valence-electron chi connectivity index (χ2n) is 3.40. The lowest BCUT2D eigenvalue weighted by atomic mass is 10.2. The van der Waals surface area contributed by atoms with Gasteiger partial charge in [0.2, 0.25) is 0 Å². The normalized spacial score (nSPS) is 16.1. The molecule has 2 heterocycles. The molecule has 1 aliphatic rings.